The molecule has 1 spiro atoms. The fourth-order valence-corrected chi connectivity index (χ4v) is 4.22. The number of anilines is 1. The summed E-state index contributed by atoms with van der Waals surface area (Å²) in [5.41, 5.74) is 0.807. The van der Waals surface area contributed by atoms with Crippen LogP contribution in [0.2, 0.25) is 0 Å². The highest BCUT2D eigenvalue weighted by Gasteiger charge is 2.49. The van der Waals surface area contributed by atoms with Gasteiger partial charge in [0.05, 0.1) is 17.3 Å². The van der Waals surface area contributed by atoms with Crippen molar-refractivity contribution in [2.45, 2.75) is 39.3 Å². The Balaban J connectivity index is 0.000000383. The topological polar surface area (TPSA) is 122 Å². The molecule has 2 saturated heterocycles. The molecule has 10 nitrogen and oxygen atoms in total. The number of carboxylic acids is 1. The van der Waals surface area contributed by atoms with Crippen LogP contribution in [-0.2, 0) is 16.6 Å². The summed E-state index contributed by atoms with van der Waals surface area (Å²) in [6, 6.07) is 1.87. The first-order valence-corrected chi connectivity index (χ1v) is 10.2. The number of amides is 2. The van der Waals surface area contributed by atoms with Gasteiger partial charge in [-0.3, -0.25) is 19.2 Å². The molecule has 0 aliphatic carbocycles. The second kappa shape index (κ2) is 8.87. The average molecular weight is 471 g/mol. The first kappa shape index (κ1) is 24.3. The largest absolute Gasteiger partial charge is 0.490 e. The van der Waals surface area contributed by atoms with Crippen molar-refractivity contribution in [3.63, 3.8) is 0 Å². The SMILES string of the molecule is Cc1noc(C)c1C(=O)N1CCC2(CC1)CCN(c1ccnn1C)C2=O.O=C(O)C(F)(F)F. The Morgan fingerprint density at radius 3 is 2.18 bits per heavy atom. The van der Waals surface area contributed by atoms with E-state index in [0.717, 1.165) is 12.2 Å². The standard InChI is InChI=1S/C18H23N5O3.C2HF3O2/c1-12-15(13(2)26-20-12)16(24)22-9-5-18(6-10-22)7-11-23(17(18)25)14-4-8-19-21(14)3;3-2(4,5)1(6)7/h4,8H,5-7,9-11H2,1-3H3;(H,6,7). The number of halogens is 3. The van der Waals surface area contributed by atoms with Gasteiger partial charge in [0.1, 0.15) is 17.1 Å². The van der Waals surface area contributed by atoms with Crippen molar-refractivity contribution < 1.29 is 37.2 Å². The lowest BCUT2D eigenvalue weighted by Gasteiger charge is -2.37. The number of alkyl halides is 3. The molecule has 0 unspecified atom stereocenters. The predicted octanol–water partition coefficient (Wildman–Crippen LogP) is 2.32. The third-order valence-corrected chi connectivity index (χ3v) is 6.08. The van der Waals surface area contributed by atoms with Gasteiger partial charge in [0, 0.05) is 32.7 Å². The summed E-state index contributed by atoms with van der Waals surface area (Å²) >= 11 is 0. The number of hydrogen-bond acceptors (Lipinski definition) is 6. The highest BCUT2D eigenvalue weighted by molar-refractivity contribution is 6.00. The number of aryl methyl sites for hydroxylation is 3. The molecule has 2 amide bonds. The summed E-state index contributed by atoms with van der Waals surface area (Å²) in [7, 11) is 1.85. The van der Waals surface area contributed by atoms with E-state index in [9.17, 15) is 22.8 Å². The van der Waals surface area contributed by atoms with Gasteiger partial charge < -0.3 is 14.5 Å². The second-order valence-electron chi connectivity index (χ2n) is 8.09. The Morgan fingerprint density at radius 2 is 1.73 bits per heavy atom. The van der Waals surface area contributed by atoms with Gasteiger partial charge in [-0.1, -0.05) is 5.16 Å². The normalized spacial score (nSPS) is 17.8. The molecule has 13 heteroatoms. The zero-order valence-corrected chi connectivity index (χ0v) is 18.3. The van der Waals surface area contributed by atoms with Crippen LogP contribution in [0.5, 0.6) is 0 Å². The van der Waals surface area contributed by atoms with Gasteiger partial charge in [-0.15, -0.1) is 0 Å². The molecule has 2 fully saturated rings. The molecule has 2 aliphatic rings. The quantitative estimate of drug-likeness (QED) is 0.713. The molecule has 2 aromatic rings. The Kier molecular flexibility index (Phi) is 6.52. The summed E-state index contributed by atoms with van der Waals surface area (Å²) in [6.07, 6.45) is -1.17. The lowest BCUT2D eigenvalue weighted by molar-refractivity contribution is -0.192. The number of piperidine rings is 1. The average Bonchev–Trinajstić information content (AvgIpc) is 3.40. The van der Waals surface area contributed by atoms with Crippen molar-refractivity contribution in [3.8, 4) is 0 Å². The Labute approximate surface area is 186 Å². The van der Waals surface area contributed by atoms with Crippen molar-refractivity contribution in [2.75, 3.05) is 24.5 Å². The summed E-state index contributed by atoms with van der Waals surface area (Å²) < 4.78 is 38.6. The van der Waals surface area contributed by atoms with Crippen molar-refractivity contribution >= 4 is 23.6 Å². The monoisotopic (exact) mass is 471 g/mol. The van der Waals surface area contributed by atoms with E-state index in [2.05, 4.69) is 10.3 Å². The van der Waals surface area contributed by atoms with Crippen LogP contribution >= 0.6 is 0 Å². The van der Waals surface area contributed by atoms with E-state index < -0.39 is 12.1 Å². The zero-order chi connectivity index (χ0) is 24.6. The van der Waals surface area contributed by atoms with Crippen molar-refractivity contribution in [2.24, 2.45) is 12.5 Å². The molecular formula is C20H24F3N5O5. The van der Waals surface area contributed by atoms with Crippen LogP contribution in [0.1, 0.15) is 41.1 Å². The number of aliphatic carboxylic acids is 1. The van der Waals surface area contributed by atoms with Crippen LogP contribution in [0.25, 0.3) is 0 Å². The summed E-state index contributed by atoms with van der Waals surface area (Å²) in [5, 5.41) is 15.2. The molecule has 2 aromatic heterocycles. The molecule has 0 bridgehead atoms. The van der Waals surface area contributed by atoms with Gasteiger partial charge in [-0.2, -0.15) is 18.3 Å². The van der Waals surface area contributed by atoms with Crippen molar-refractivity contribution in [3.05, 3.63) is 29.3 Å². The lowest BCUT2D eigenvalue weighted by atomic mass is 9.77. The molecule has 180 valence electrons. The fraction of sp³-hybridized carbons (Fsp3) is 0.550. The minimum atomic E-state index is -5.08. The number of rotatable bonds is 2. The number of hydrogen-bond donors (Lipinski definition) is 1. The van der Waals surface area contributed by atoms with E-state index in [1.54, 1.807) is 24.7 Å². The molecule has 0 aromatic carbocycles. The second-order valence-corrected chi connectivity index (χ2v) is 8.09. The fourth-order valence-electron chi connectivity index (χ4n) is 4.22. The van der Waals surface area contributed by atoms with Crippen LogP contribution in [-0.4, -0.2) is 68.5 Å². The van der Waals surface area contributed by atoms with Gasteiger partial charge in [-0.25, -0.2) is 4.79 Å². The summed E-state index contributed by atoms with van der Waals surface area (Å²) in [6.45, 7) is 5.39. The molecule has 0 saturated carbocycles. The van der Waals surface area contributed by atoms with E-state index in [-0.39, 0.29) is 17.2 Å². The van der Waals surface area contributed by atoms with E-state index in [0.29, 0.717) is 49.5 Å². The highest BCUT2D eigenvalue weighted by Crippen LogP contribution is 2.43. The third kappa shape index (κ3) is 4.71. The van der Waals surface area contributed by atoms with Gasteiger partial charge >= 0.3 is 12.1 Å². The van der Waals surface area contributed by atoms with Crippen LogP contribution in [0.4, 0.5) is 19.0 Å². The Bertz CT molecular complexity index is 1030. The van der Waals surface area contributed by atoms with Crippen molar-refractivity contribution in [1.82, 2.24) is 19.8 Å². The molecule has 4 heterocycles. The van der Waals surface area contributed by atoms with Crippen LogP contribution < -0.4 is 4.90 Å². The maximum absolute atomic E-state index is 13.1. The van der Waals surface area contributed by atoms with Gasteiger partial charge in [0.25, 0.3) is 5.91 Å². The Morgan fingerprint density at radius 1 is 1.15 bits per heavy atom. The zero-order valence-electron chi connectivity index (χ0n) is 18.3. The van der Waals surface area contributed by atoms with Gasteiger partial charge in [0.15, 0.2) is 0 Å². The number of carbonyl (C=O) groups is 3. The first-order chi connectivity index (χ1) is 15.4. The van der Waals surface area contributed by atoms with Crippen LogP contribution in [0, 0.1) is 19.3 Å². The molecule has 2 aliphatic heterocycles. The van der Waals surface area contributed by atoms with E-state index >= 15 is 0 Å². The lowest BCUT2D eigenvalue weighted by Crippen LogP contribution is -2.47. The smallest absolute Gasteiger partial charge is 0.475 e. The van der Waals surface area contributed by atoms with Crippen LogP contribution in [0.15, 0.2) is 16.8 Å². The molecule has 0 radical (unpaired) electrons. The number of nitrogens with zero attached hydrogens (tertiary/aromatic N) is 5. The minimum Gasteiger partial charge on any atom is -0.475 e. The van der Waals surface area contributed by atoms with Gasteiger partial charge in [-0.05, 0) is 33.1 Å². The van der Waals surface area contributed by atoms with Crippen molar-refractivity contribution in [1.29, 1.82) is 0 Å². The number of likely N-dealkylation sites (tertiary alicyclic amines) is 1. The highest BCUT2D eigenvalue weighted by atomic mass is 19.4. The summed E-state index contributed by atoms with van der Waals surface area (Å²) in [4.78, 5) is 38.5. The van der Waals surface area contributed by atoms with Gasteiger partial charge in [0.2, 0.25) is 5.91 Å². The minimum absolute atomic E-state index is 0.0509. The van der Waals surface area contributed by atoms with E-state index in [4.69, 9.17) is 14.4 Å². The predicted molar refractivity (Wildman–Crippen MR) is 107 cm³/mol. The Hall–Kier alpha value is -3.38. The summed E-state index contributed by atoms with van der Waals surface area (Å²) in [5.74, 6) is -1.27. The maximum Gasteiger partial charge on any atom is 0.490 e. The molecule has 4 rings (SSSR count). The van der Waals surface area contributed by atoms with Crippen LogP contribution in [0.3, 0.4) is 0 Å². The molecule has 1 N–H and O–H groups in total. The molecule has 0 atom stereocenters. The maximum atomic E-state index is 13.1. The van der Waals surface area contributed by atoms with E-state index in [1.807, 2.05) is 22.9 Å². The first-order valence-electron chi connectivity index (χ1n) is 10.2. The molecular weight excluding hydrogens is 447 g/mol. The third-order valence-electron chi connectivity index (χ3n) is 6.08. The van der Waals surface area contributed by atoms with E-state index in [1.165, 1.54) is 0 Å². The number of carbonyl (C=O) groups excluding carboxylic acids is 2. The number of carboxylic acid groups (broad SMARTS) is 1. The molecule has 33 heavy (non-hydrogen) atoms. The number of aromatic nitrogens is 3.